The Morgan fingerprint density at radius 3 is 2.42 bits per heavy atom. The molecule has 12 heavy (non-hydrogen) atoms. The van der Waals surface area contributed by atoms with Crippen molar-refractivity contribution >= 4 is 5.84 Å². The van der Waals surface area contributed by atoms with Crippen molar-refractivity contribution in [2.45, 2.75) is 31.7 Å². The highest BCUT2D eigenvalue weighted by Crippen LogP contribution is 2.25. The number of ether oxygens (including phenoxy) is 1. The minimum Gasteiger partial charge on any atom is -0.387 e. The molecule has 1 saturated heterocycles. The summed E-state index contributed by atoms with van der Waals surface area (Å²) in [4.78, 5) is 4.45. The average molecular weight is 168 g/mol. The van der Waals surface area contributed by atoms with Gasteiger partial charge in [0, 0.05) is 19.1 Å². The van der Waals surface area contributed by atoms with Crippen LogP contribution in [0.4, 0.5) is 0 Å². The maximum absolute atomic E-state index is 5.88. The number of nitrogens with zero attached hydrogens (tertiary/aromatic N) is 1. The molecule has 2 N–H and O–H groups in total. The predicted molar refractivity (Wildman–Crippen MR) is 48.2 cm³/mol. The first kappa shape index (κ1) is 8.05. The van der Waals surface area contributed by atoms with Crippen LogP contribution in [0.3, 0.4) is 0 Å². The molecule has 0 amide bonds. The lowest BCUT2D eigenvalue weighted by molar-refractivity contribution is 0.0825. The largest absolute Gasteiger partial charge is 0.387 e. The zero-order valence-corrected chi connectivity index (χ0v) is 7.33. The zero-order chi connectivity index (χ0) is 8.39. The van der Waals surface area contributed by atoms with Crippen molar-refractivity contribution in [3.8, 4) is 0 Å². The summed E-state index contributed by atoms with van der Waals surface area (Å²) < 4.78 is 5.26. The first-order chi connectivity index (χ1) is 5.86. The van der Waals surface area contributed by atoms with E-state index in [2.05, 4.69) is 4.99 Å². The molecule has 1 aliphatic carbocycles. The van der Waals surface area contributed by atoms with Gasteiger partial charge in [-0.2, -0.15) is 0 Å². The quantitative estimate of drug-likeness (QED) is 0.492. The van der Waals surface area contributed by atoms with Gasteiger partial charge in [0.2, 0.25) is 0 Å². The fourth-order valence-electron chi connectivity index (χ4n) is 1.51. The Kier molecular flexibility index (Phi) is 2.30. The van der Waals surface area contributed by atoms with Gasteiger partial charge < -0.3 is 10.5 Å². The van der Waals surface area contributed by atoms with Gasteiger partial charge in [0.05, 0.1) is 11.9 Å². The molecule has 0 atom stereocenters. The van der Waals surface area contributed by atoms with Gasteiger partial charge in [-0.05, 0) is 25.7 Å². The molecule has 0 bridgehead atoms. The molecule has 0 aromatic rings. The molecule has 1 saturated carbocycles. The highest BCUT2D eigenvalue weighted by molar-refractivity contribution is 5.83. The lowest BCUT2D eigenvalue weighted by atomic mass is 9.99. The Labute approximate surface area is 73.0 Å². The number of amidine groups is 1. The van der Waals surface area contributed by atoms with Gasteiger partial charge in [0.25, 0.3) is 0 Å². The SMILES string of the molecule is NC(=NC1CC1)C1CCOCC1. The first-order valence-electron chi connectivity index (χ1n) is 4.77. The van der Waals surface area contributed by atoms with E-state index in [1.807, 2.05) is 0 Å². The van der Waals surface area contributed by atoms with Gasteiger partial charge in [-0.15, -0.1) is 0 Å². The summed E-state index contributed by atoms with van der Waals surface area (Å²) in [5, 5.41) is 0. The van der Waals surface area contributed by atoms with Crippen LogP contribution in [0.1, 0.15) is 25.7 Å². The summed E-state index contributed by atoms with van der Waals surface area (Å²) in [7, 11) is 0. The summed E-state index contributed by atoms with van der Waals surface area (Å²) in [6.45, 7) is 1.71. The van der Waals surface area contributed by atoms with E-state index in [9.17, 15) is 0 Å². The van der Waals surface area contributed by atoms with Crippen molar-refractivity contribution < 1.29 is 4.74 Å². The van der Waals surface area contributed by atoms with Crippen LogP contribution in [-0.2, 0) is 4.74 Å². The second-order valence-corrected chi connectivity index (χ2v) is 3.67. The molecule has 0 unspecified atom stereocenters. The third-order valence-corrected chi connectivity index (χ3v) is 2.52. The lowest BCUT2D eigenvalue weighted by Gasteiger charge is -2.21. The van der Waals surface area contributed by atoms with Gasteiger partial charge in [-0.3, -0.25) is 4.99 Å². The fraction of sp³-hybridized carbons (Fsp3) is 0.889. The summed E-state index contributed by atoms with van der Waals surface area (Å²) in [6.07, 6.45) is 4.60. The molecule has 2 aliphatic rings. The van der Waals surface area contributed by atoms with Crippen LogP contribution in [0.15, 0.2) is 4.99 Å². The van der Waals surface area contributed by atoms with Crippen LogP contribution < -0.4 is 5.73 Å². The van der Waals surface area contributed by atoms with E-state index in [-0.39, 0.29) is 0 Å². The second kappa shape index (κ2) is 3.44. The van der Waals surface area contributed by atoms with Gasteiger partial charge in [0.1, 0.15) is 0 Å². The Balaban J connectivity index is 1.87. The van der Waals surface area contributed by atoms with E-state index in [1.165, 1.54) is 12.8 Å². The number of hydrogen-bond acceptors (Lipinski definition) is 2. The van der Waals surface area contributed by atoms with Gasteiger partial charge in [-0.1, -0.05) is 0 Å². The normalized spacial score (nSPS) is 27.5. The van der Waals surface area contributed by atoms with Crippen molar-refractivity contribution in [3.05, 3.63) is 0 Å². The van der Waals surface area contributed by atoms with Crippen LogP contribution in [0.25, 0.3) is 0 Å². The van der Waals surface area contributed by atoms with Gasteiger partial charge in [-0.25, -0.2) is 0 Å². The van der Waals surface area contributed by atoms with E-state index in [4.69, 9.17) is 10.5 Å². The maximum Gasteiger partial charge on any atom is 0.0973 e. The van der Waals surface area contributed by atoms with Crippen LogP contribution in [-0.4, -0.2) is 25.1 Å². The van der Waals surface area contributed by atoms with Crippen LogP contribution in [0, 0.1) is 5.92 Å². The molecule has 1 aliphatic heterocycles. The van der Waals surface area contributed by atoms with E-state index >= 15 is 0 Å². The average Bonchev–Trinajstić information content (AvgIpc) is 2.90. The summed E-state index contributed by atoms with van der Waals surface area (Å²) in [5.74, 6) is 1.38. The predicted octanol–water partition coefficient (Wildman–Crippen LogP) is 0.933. The Morgan fingerprint density at radius 1 is 1.17 bits per heavy atom. The van der Waals surface area contributed by atoms with Crippen molar-refractivity contribution in [2.24, 2.45) is 16.6 Å². The molecule has 0 aromatic carbocycles. The monoisotopic (exact) mass is 168 g/mol. The van der Waals surface area contributed by atoms with Crippen LogP contribution in [0.5, 0.6) is 0 Å². The molecular weight excluding hydrogens is 152 g/mol. The molecule has 0 radical (unpaired) electrons. The molecule has 1 heterocycles. The molecule has 2 fully saturated rings. The van der Waals surface area contributed by atoms with Gasteiger partial charge in [0.15, 0.2) is 0 Å². The minimum atomic E-state index is 0.499. The fourth-order valence-corrected chi connectivity index (χ4v) is 1.51. The third kappa shape index (κ3) is 1.97. The maximum atomic E-state index is 5.88. The van der Waals surface area contributed by atoms with Crippen LogP contribution >= 0.6 is 0 Å². The summed E-state index contributed by atoms with van der Waals surface area (Å²) >= 11 is 0. The number of hydrogen-bond donors (Lipinski definition) is 1. The van der Waals surface area contributed by atoms with E-state index in [0.29, 0.717) is 12.0 Å². The zero-order valence-electron chi connectivity index (χ0n) is 7.33. The highest BCUT2D eigenvalue weighted by Gasteiger charge is 2.23. The molecule has 0 spiro atoms. The molecule has 2 rings (SSSR count). The van der Waals surface area contributed by atoms with E-state index in [0.717, 1.165) is 31.9 Å². The second-order valence-electron chi connectivity index (χ2n) is 3.67. The lowest BCUT2D eigenvalue weighted by Crippen LogP contribution is -2.29. The van der Waals surface area contributed by atoms with Crippen molar-refractivity contribution in [2.75, 3.05) is 13.2 Å². The first-order valence-corrected chi connectivity index (χ1v) is 4.77. The molecule has 0 aromatic heterocycles. The molecule has 3 nitrogen and oxygen atoms in total. The van der Waals surface area contributed by atoms with Crippen molar-refractivity contribution in [3.63, 3.8) is 0 Å². The van der Waals surface area contributed by atoms with Crippen molar-refractivity contribution in [1.82, 2.24) is 0 Å². The Bertz CT molecular complexity index is 181. The smallest absolute Gasteiger partial charge is 0.0973 e. The van der Waals surface area contributed by atoms with E-state index < -0.39 is 0 Å². The van der Waals surface area contributed by atoms with E-state index in [1.54, 1.807) is 0 Å². The standard InChI is InChI=1S/C9H16N2O/c10-9(11-8-1-2-8)7-3-5-12-6-4-7/h7-8H,1-6H2,(H2,10,11). The number of rotatable bonds is 2. The number of aliphatic imine (C=N–C) groups is 1. The van der Waals surface area contributed by atoms with Crippen molar-refractivity contribution in [1.29, 1.82) is 0 Å². The number of nitrogens with two attached hydrogens (primary N) is 1. The topological polar surface area (TPSA) is 47.6 Å². The minimum absolute atomic E-state index is 0.499. The molecule has 68 valence electrons. The highest BCUT2D eigenvalue weighted by atomic mass is 16.5. The van der Waals surface area contributed by atoms with Gasteiger partial charge >= 0.3 is 0 Å². The molecule has 3 heteroatoms. The Hall–Kier alpha value is -0.570. The summed E-state index contributed by atoms with van der Waals surface area (Å²) in [5.41, 5.74) is 5.88. The van der Waals surface area contributed by atoms with Crippen LogP contribution in [0.2, 0.25) is 0 Å². The third-order valence-electron chi connectivity index (χ3n) is 2.52. The summed E-state index contributed by atoms with van der Waals surface area (Å²) in [6, 6.07) is 0.563. The Morgan fingerprint density at radius 2 is 1.83 bits per heavy atom. The molecular formula is C9H16N2O.